The van der Waals surface area contributed by atoms with Gasteiger partial charge in [0.15, 0.2) is 0 Å². The van der Waals surface area contributed by atoms with Crippen LogP contribution in [0.3, 0.4) is 0 Å². The summed E-state index contributed by atoms with van der Waals surface area (Å²) in [6, 6.07) is 4.70. The molecule has 1 aromatic rings. The molecule has 1 aromatic carbocycles. The maximum absolute atomic E-state index is 13.8. The molecule has 1 rings (SSSR count). The number of methoxy groups -OCH3 is 2. The van der Waals surface area contributed by atoms with Crippen molar-refractivity contribution >= 4 is 0 Å². The molecule has 0 saturated heterocycles. The summed E-state index contributed by atoms with van der Waals surface area (Å²) in [5, 5.41) is 0. The standard InChI is InChI=1S/C12H18FNO2/c1-12(14,6-7-15-2)10-5-4-9(16-3)8-11(10)13/h4-5,8H,6-7,14H2,1-3H3. The molecule has 3 nitrogen and oxygen atoms in total. The summed E-state index contributed by atoms with van der Waals surface area (Å²) in [6.07, 6.45) is 0.562. The highest BCUT2D eigenvalue weighted by molar-refractivity contribution is 5.32. The maximum atomic E-state index is 13.8. The Morgan fingerprint density at radius 1 is 1.38 bits per heavy atom. The normalized spacial score (nSPS) is 14.6. The first-order chi connectivity index (χ1) is 7.51. The van der Waals surface area contributed by atoms with Crippen molar-refractivity contribution in [1.82, 2.24) is 0 Å². The van der Waals surface area contributed by atoms with Gasteiger partial charge in [-0.25, -0.2) is 4.39 Å². The summed E-state index contributed by atoms with van der Waals surface area (Å²) in [4.78, 5) is 0. The van der Waals surface area contributed by atoms with Gasteiger partial charge in [0.2, 0.25) is 0 Å². The van der Waals surface area contributed by atoms with Crippen molar-refractivity contribution in [1.29, 1.82) is 0 Å². The number of rotatable bonds is 5. The molecule has 0 aliphatic heterocycles. The summed E-state index contributed by atoms with van der Waals surface area (Å²) >= 11 is 0. The van der Waals surface area contributed by atoms with Crippen molar-refractivity contribution in [3.8, 4) is 5.75 Å². The van der Waals surface area contributed by atoms with Gasteiger partial charge in [-0.3, -0.25) is 0 Å². The van der Waals surface area contributed by atoms with E-state index in [4.69, 9.17) is 15.2 Å². The van der Waals surface area contributed by atoms with Crippen molar-refractivity contribution in [2.45, 2.75) is 18.9 Å². The monoisotopic (exact) mass is 227 g/mol. The van der Waals surface area contributed by atoms with Crippen LogP contribution in [0.2, 0.25) is 0 Å². The summed E-state index contributed by atoms with van der Waals surface area (Å²) in [5.74, 6) is 0.143. The minimum atomic E-state index is -0.730. The van der Waals surface area contributed by atoms with Crippen LogP contribution in [-0.4, -0.2) is 20.8 Å². The predicted octanol–water partition coefficient (Wildman–Crippen LogP) is 2.04. The van der Waals surface area contributed by atoms with E-state index >= 15 is 0 Å². The van der Waals surface area contributed by atoms with Gasteiger partial charge in [-0.2, -0.15) is 0 Å². The molecule has 0 saturated carbocycles. The molecule has 4 heteroatoms. The lowest BCUT2D eigenvalue weighted by molar-refractivity contribution is 0.171. The van der Waals surface area contributed by atoms with Gasteiger partial charge in [0.25, 0.3) is 0 Å². The maximum Gasteiger partial charge on any atom is 0.131 e. The first-order valence-corrected chi connectivity index (χ1v) is 5.13. The van der Waals surface area contributed by atoms with Crippen LogP contribution in [0.4, 0.5) is 4.39 Å². The van der Waals surface area contributed by atoms with Crippen LogP contribution in [0.15, 0.2) is 18.2 Å². The minimum absolute atomic E-state index is 0.347. The van der Waals surface area contributed by atoms with Gasteiger partial charge in [-0.1, -0.05) is 6.07 Å². The van der Waals surface area contributed by atoms with Crippen molar-refractivity contribution in [2.24, 2.45) is 5.73 Å². The molecule has 0 aliphatic rings. The van der Waals surface area contributed by atoms with Gasteiger partial charge in [0, 0.05) is 30.9 Å². The number of hydrogen-bond donors (Lipinski definition) is 1. The molecule has 0 fully saturated rings. The average molecular weight is 227 g/mol. The molecule has 0 radical (unpaired) electrons. The Balaban J connectivity index is 2.94. The smallest absolute Gasteiger partial charge is 0.131 e. The Morgan fingerprint density at radius 2 is 2.06 bits per heavy atom. The highest BCUT2D eigenvalue weighted by atomic mass is 19.1. The van der Waals surface area contributed by atoms with Crippen LogP contribution in [0.1, 0.15) is 18.9 Å². The topological polar surface area (TPSA) is 44.5 Å². The van der Waals surface area contributed by atoms with E-state index in [2.05, 4.69) is 0 Å². The molecular weight excluding hydrogens is 209 g/mol. The predicted molar refractivity (Wildman–Crippen MR) is 61.0 cm³/mol. The summed E-state index contributed by atoms with van der Waals surface area (Å²) < 4.78 is 23.7. The Hall–Kier alpha value is -1.13. The van der Waals surface area contributed by atoms with Crippen LogP contribution < -0.4 is 10.5 Å². The second kappa shape index (κ2) is 5.27. The fourth-order valence-electron chi connectivity index (χ4n) is 1.53. The zero-order valence-electron chi connectivity index (χ0n) is 9.92. The number of halogens is 1. The zero-order valence-corrected chi connectivity index (χ0v) is 9.92. The molecule has 0 heterocycles. The summed E-state index contributed by atoms with van der Waals surface area (Å²) in [7, 11) is 3.10. The third-order valence-corrected chi connectivity index (χ3v) is 2.62. The van der Waals surface area contributed by atoms with E-state index in [0.717, 1.165) is 0 Å². The van der Waals surface area contributed by atoms with Crippen molar-refractivity contribution in [3.05, 3.63) is 29.6 Å². The van der Waals surface area contributed by atoms with Crippen molar-refractivity contribution < 1.29 is 13.9 Å². The lowest BCUT2D eigenvalue weighted by Gasteiger charge is -2.25. The molecule has 0 aliphatic carbocycles. The van der Waals surface area contributed by atoms with Crippen molar-refractivity contribution in [2.75, 3.05) is 20.8 Å². The fourth-order valence-corrected chi connectivity index (χ4v) is 1.53. The summed E-state index contributed by atoms with van der Waals surface area (Å²) in [5.41, 5.74) is 5.80. The Bertz CT molecular complexity index is 353. The Kier molecular flexibility index (Phi) is 4.26. The molecular formula is C12H18FNO2. The van der Waals surface area contributed by atoms with Crippen LogP contribution in [-0.2, 0) is 10.3 Å². The van der Waals surface area contributed by atoms with Crippen molar-refractivity contribution in [3.63, 3.8) is 0 Å². The van der Waals surface area contributed by atoms with Crippen LogP contribution >= 0.6 is 0 Å². The average Bonchev–Trinajstić information content (AvgIpc) is 2.25. The van der Waals surface area contributed by atoms with E-state index in [-0.39, 0.29) is 5.82 Å². The van der Waals surface area contributed by atoms with Gasteiger partial charge in [-0.05, 0) is 19.4 Å². The van der Waals surface area contributed by atoms with Gasteiger partial charge in [-0.15, -0.1) is 0 Å². The van der Waals surface area contributed by atoms with Gasteiger partial charge in [0.1, 0.15) is 11.6 Å². The van der Waals surface area contributed by atoms with E-state index in [1.54, 1.807) is 26.2 Å². The fraction of sp³-hybridized carbons (Fsp3) is 0.500. The van der Waals surface area contributed by atoms with E-state index in [1.165, 1.54) is 13.2 Å². The lowest BCUT2D eigenvalue weighted by atomic mass is 9.89. The third-order valence-electron chi connectivity index (χ3n) is 2.62. The first-order valence-electron chi connectivity index (χ1n) is 5.13. The first kappa shape index (κ1) is 12.9. The van der Waals surface area contributed by atoms with Gasteiger partial charge in [0.05, 0.1) is 7.11 Å². The molecule has 0 spiro atoms. The minimum Gasteiger partial charge on any atom is -0.497 e. The largest absolute Gasteiger partial charge is 0.497 e. The van der Waals surface area contributed by atoms with Gasteiger partial charge >= 0.3 is 0 Å². The number of benzene rings is 1. The molecule has 1 atom stereocenters. The molecule has 90 valence electrons. The SMILES string of the molecule is COCCC(C)(N)c1ccc(OC)cc1F. The molecule has 2 N–H and O–H groups in total. The third kappa shape index (κ3) is 2.93. The Labute approximate surface area is 95.4 Å². The van der Waals surface area contributed by atoms with Crippen LogP contribution in [0.5, 0.6) is 5.75 Å². The number of ether oxygens (including phenoxy) is 2. The summed E-state index contributed by atoms with van der Waals surface area (Å²) in [6.45, 7) is 2.29. The Morgan fingerprint density at radius 3 is 2.56 bits per heavy atom. The molecule has 0 aromatic heterocycles. The second-order valence-corrected chi connectivity index (χ2v) is 4.01. The zero-order chi connectivity index (χ0) is 12.2. The quantitative estimate of drug-likeness (QED) is 0.837. The van der Waals surface area contributed by atoms with E-state index in [9.17, 15) is 4.39 Å². The van der Waals surface area contributed by atoms with E-state index < -0.39 is 5.54 Å². The molecule has 0 bridgehead atoms. The van der Waals surface area contributed by atoms with Crippen LogP contribution in [0, 0.1) is 5.82 Å². The highest BCUT2D eigenvalue weighted by Crippen LogP contribution is 2.27. The molecule has 0 amide bonds. The molecule has 1 unspecified atom stereocenters. The number of nitrogens with two attached hydrogens (primary N) is 1. The second-order valence-electron chi connectivity index (χ2n) is 4.01. The van der Waals surface area contributed by atoms with E-state index in [0.29, 0.717) is 24.3 Å². The van der Waals surface area contributed by atoms with Crippen LogP contribution in [0.25, 0.3) is 0 Å². The number of hydrogen-bond acceptors (Lipinski definition) is 3. The van der Waals surface area contributed by atoms with Gasteiger partial charge < -0.3 is 15.2 Å². The highest BCUT2D eigenvalue weighted by Gasteiger charge is 2.24. The molecule has 16 heavy (non-hydrogen) atoms. The lowest BCUT2D eigenvalue weighted by Crippen LogP contribution is -2.35. The van der Waals surface area contributed by atoms with E-state index in [1.807, 2.05) is 0 Å².